The zero-order valence-corrected chi connectivity index (χ0v) is 14.6. The van der Waals surface area contributed by atoms with E-state index in [0.717, 1.165) is 18.2 Å². The molecular formula is C18H22F5N3O. The van der Waals surface area contributed by atoms with Gasteiger partial charge in [0.2, 0.25) is 0 Å². The van der Waals surface area contributed by atoms with E-state index in [9.17, 15) is 22.0 Å². The van der Waals surface area contributed by atoms with Crippen LogP contribution in [0.3, 0.4) is 0 Å². The standard InChI is InChI=1S/C18H22F5N3O/c19-12-1-2-15(20)14(3-12)17-16(24)4-13(9-27-17)25-5-10-7-26(18(21,22)23)8-11(10)6-25/h1-3,10-11,13,16-17H,4-9,24H2/t10?,11?,13-,16+,17-/m1/s1. The number of ether oxygens (including phenoxy) is 1. The Balaban J connectivity index is 1.37. The lowest BCUT2D eigenvalue weighted by Crippen LogP contribution is -2.49. The van der Waals surface area contributed by atoms with Gasteiger partial charge >= 0.3 is 6.30 Å². The second-order valence-corrected chi connectivity index (χ2v) is 7.82. The van der Waals surface area contributed by atoms with Crippen molar-refractivity contribution in [2.75, 3.05) is 32.8 Å². The molecule has 3 heterocycles. The highest BCUT2D eigenvalue weighted by Crippen LogP contribution is 2.39. The maximum Gasteiger partial charge on any atom is 0.459 e. The van der Waals surface area contributed by atoms with Gasteiger partial charge in [0.15, 0.2) is 0 Å². The molecule has 4 nitrogen and oxygen atoms in total. The first-order chi connectivity index (χ1) is 12.7. The number of nitrogens with two attached hydrogens (primary N) is 1. The first kappa shape index (κ1) is 19.0. The Bertz CT molecular complexity index is 686. The number of likely N-dealkylation sites (tertiary alicyclic amines) is 2. The SMILES string of the molecule is N[C@H]1C[C@@H](N2CC3CN(C(F)(F)F)CC3C2)CO[C@@H]1c1cc(F)ccc1F. The molecule has 0 amide bonds. The predicted octanol–water partition coefficient (Wildman–Crippen LogP) is 2.51. The van der Waals surface area contributed by atoms with Crippen molar-refractivity contribution in [2.24, 2.45) is 17.6 Å². The number of rotatable bonds is 2. The van der Waals surface area contributed by atoms with E-state index >= 15 is 0 Å². The lowest BCUT2D eigenvalue weighted by atomic mass is 9.93. The smallest absolute Gasteiger partial charge is 0.370 e. The van der Waals surface area contributed by atoms with Crippen LogP contribution in [-0.4, -0.2) is 61.0 Å². The molecule has 5 atom stereocenters. The summed E-state index contributed by atoms with van der Waals surface area (Å²) in [6, 6.07) is 2.68. The Hall–Kier alpha value is -1.29. The molecule has 3 aliphatic heterocycles. The summed E-state index contributed by atoms with van der Waals surface area (Å²) in [6.45, 7) is 1.52. The molecule has 0 spiro atoms. The van der Waals surface area contributed by atoms with Crippen molar-refractivity contribution in [2.45, 2.75) is 30.9 Å². The average molecular weight is 391 g/mol. The van der Waals surface area contributed by atoms with Crippen LogP contribution in [0.4, 0.5) is 22.0 Å². The Morgan fingerprint density at radius 1 is 1.04 bits per heavy atom. The molecule has 2 N–H and O–H groups in total. The zero-order valence-electron chi connectivity index (χ0n) is 14.6. The monoisotopic (exact) mass is 391 g/mol. The predicted molar refractivity (Wildman–Crippen MR) is 87.6 cm³/mol. The molecule has 0 saturated carbocycles. The van der Waals surface area contributed by atoms with Crippen molar-refractivity contribution in [3.05, 3.63) is 35.4 Å². The third-order valence-corrected chi connectivity index (χ3v) is 6.06. The highest BCUT2D eigenvalue weighted by Gasteiger charge is 2.50. The van der Waals surface area contributed by atoms with Crippen LogP contribution in [0.15, 0.2) is 18.2 Å². The second kappa shape index (κ2) is 6.95. The Kier molecular flexibility index (Phi) is 4.90. The van der Waals surface area contributed by atoms with Crippen molar-refractivity contribution < 1.29 is 26.7 Å². The third kappa shape index (κ3) is 3.70. The fourth-order valence-electron chi connectivity index (χ4n) is 4.69. The van der Waals surface area contributed by atoms with Gasteiger partial charge in [-0.25, -0.2) is 13.7 Å². The van der Waals surface area contributed by atoms with Gasteiger partial charge in [0.1, 0.15) is 17.7 Å². The normalized spacial score (nSPS) is 35.6. The van der Waals surface area contributed by atoms with E-state index in [2.05, 4.69) is 4.90 Å². The van der Waals surface area contributed by atoms with Crippen molar-refractivity contribution in [3.63, 3.8) is 0 Å². The first-order valence-electron chi connectivity index (χ1n) is 9.10. The van der Waals surface area contributed by atoms with Gasteiger partial charge in [-0.15, -0.1) is 0 Å². The van der Waals surface area contributed by atoms with Crippen molar-refractivity contribution in [3.8, 4) is 0 Å². The van der Waals surface area contributed by atoms with Crippen LogP contribution in [-0.2, 0) is 4.74 Å². The number of hydrogen-bond acceptors (Lipinski definition) is 4. The van der Waals surface area contributed by atoms with Gasteiger partial charge in [0, 0.05) is 43.8 Å². The van der Waals surface area contributed by atoms with E-state index in [0.29, 0.717) is 31.0 Å². The highest BCUT2D eigenvalue weighted by molar-refractivity contribution is 5.23. The first-order valence-corrected chi connectivity index (χ1v) is 9.10. The third-order valence-electron chi connectivity index (χ3n) is 6.06. The van der Waals surface area contributed by atoms with Crippen LogP contribution in [0.2, 0.25) is 0 Å². The summed E-state index contributed by atoms with van der Waals surface area (Å²) in [5.74, 6) is -1.13. The molecular weight excluding hydrogens is 369 g/mol. The molecule has 3 saturated heterocycles. The number of hydrogen-bond donors (Lipinski definition) is 1. The van der Waals surface area contributed by atoms with Crippen LogP contribution in [0, 0.1) is 23.5 Å². The molecule has 9 heteroatoms. The maximum absolute atomic E-state index is 14.0. The summed E-state index contributed by atoms with van der Waals surface area (Å²) < 4.78 is 71.8. The largest absolute Gasteiger partial charge is 0.459 e. The van der Waals surface area contributed by atoms with Crippen LogP contribution < -0.4 is 5.73 Å². The molecule has 1 aromatic rings. The molecule has 0 radical (unpaired) electrons. The quantitative estimate of drug-likeness (QED) is 0.622. The van der Waals surface area contributed by atoms with E-state index in [1.54, 1.807) is 0 Å². The summed E-state index contributed by atoms with van der Waals surface area (Å²) in [5.41, 5.74) is 6.30. The van der Waals surface area contributed by atoms with Crippen LogP contribution >= 0.6 is 0 Å². The Morgan fingerprint density at radius 2 is 1.70 bits per heavy atom. The van der Waals surface area contributed by atoms with Gasteiger partial charge < -0.3 is 10.5 Å². The minimum atomic E-state index is -4.27. The summed E-state index contributed by atoms with van der Waals surface area (Å²) in [5, 5.41) is 0. The fraction of sp³-hybridized carbons (Fsp3) is 0.667. The van der Waals surface area contributed by atoms with E-state index in [-0.39, 0.29) is 36.5 Å². The van der Waals surface area contributed by atoms with Gasteiger partial charge in [-0.1, -0.05) is 0 Å². The second-order valence-electron chi connectivity index (χ2n) is 7.82. The molecule has 2 unspecified atom stereocenters. The van der Waals surface area contributed by atoms with Crippen LogP contribution in [0.5, 0.6) is 0 Å². The summed E-state index contributed by atoms with van der Waals surface area (Å²) in [4.78, 5) is 2.73. The topological polar surface area (TPSA) is 41.7 Å². The molecule has 0 aromatic heterocycles. The lowest BCUT2D eigenvalue weighted by molar-refractivity contribution is -0.240. The van der Waals surface area contributed by atoms with Crippen molar-refractivity contribution in [1.29, 1.82) is 0 Å². The average Bonchev–Trinajstić information content (AvgIpc) is 3.16. The number of alkyl halides is 3. The highest BCUT2D eigenvalue weighted by atomic mass is 19.4. The van der Waals surface area contributed by atoms with E-state index in [1.165, 1.54) is 0 Å². The van der Waals surface area contributed by atoms with Crippen molar-refractivity contribution in [1.82, 2.24) is 9.80 Å². The Morgan fingerprint density at radius 3 is 2.30 bits per heavy atom. The summed E-state index contributed by atoms with van der Waals surface area (Å²) in [6.07, 6.45) is -4.46. The van der Waals surface area contributed by atoms with Gasteiger partial charge in [0.25, 0.3) is 0 Å². The van der Waals surface area contributed by atoms with Gasteiger partial charge in [-0.3, -0.25) is 4.90 Å². The molecule has 27 heavy (non-hydrogen) atoms. The zero-order chi connectivity index (χ0) is 19.3. The maximum atomic E-state index is 14.0. The minimum absolute atomic E-state index is 0.0127. The van der Waals surface area contributed by atoms with Crippen LogP contribution in [0.25, 0.3) is 0 Å². The van der Waals surface area contributed by atoms with Gasteiger partial charge in [-0.2, -0.15) is 13.2 Å². The van der Waals surface area contributed by atoms with Gasteiger partial charge in [0.05, 0.1) is 6.61 Å². The summed E-state index contributed by atoms with van der Waals surface area (Å²) in [7, 11) is 0. The molecule has 3 fully saturated rings. The molecule has 150 valence electrons. The number of halogens is 5. The molecule has 3 aliphatic rings. The summed E-state index contributed by atoms with van der Waals surface area (Å²) >= 11 is 0. The van der Waals surface area contributed by atoms with E-state index in [1.807, 2.05) is 0 Å². The number of nitrogens with zero attached hydrogens (tertiary/aromatic N) is 2. The fourth-order valence-corrected chi connectivity index (χ4v) is 4.69. The minimum Gasteiger partial charge on any atom is -0.370 e. The van der Waals surface area contributed by atoms with Crippen molar-refractivity contribution >= 4 is 0 Å². The van der Waals surface area contributed by atoms with Gasteiger partial charge in [-0.05, 0) is 36.5 Å². The molecule has 0 bridgehead atoms. The number of benzene rings is 1. The lowest BCUT2D eigenvalue weighted by Gasteiger charge is -2.39. The van der Waals surface area contributed by atoms with E-state index in [4.69, 9.17) is 10.5 Å². The van der Waals surface area contributed by atoms with Crippen LogP contribution in [0.1, 0.15) is 18.1 Å². The molecule has 0 aliphatic carbocycles. The number of fused-ring (bicyclic) bond motifs is 1. The molecule has 1 aromatic carbocycles. The molecule has 4 rings (SSSR count). The Labute approximate surface area is 154 Å². The van der Waals surface area contributed by atoms with E-state index < -0.39 is 30.1 Å².